The fraction of sp³-hybridized carbons (Fsp3) is 0.375. The minimum absolute atomic E-state index is 0.00469. The van der Waals surface area contributed by atoms with Gasteiger partial charge in [0.1, 0.15) is 22.1 Å². The summed E-state index contributed by atoms with van der Waals surface area (Å²) in [6, 6.07) is 24.6. The van der Waals surface area contributed by atoms with E-state index in [1.807, 2.05) is 46.9 Å². The first kappa shape index (κ1) is 41.5. The second-order valence-corrected chi connectivity index (χ2v) is 19.8. The number of methoxy groups -OCH3 is 3. The summed E-state index contributed by atoms with van der Waals surface area (Å²) in [7, 11) is -4.12. The average molecular weight is 915 g/mol. The van der Waals surface area contributed by atoms with Crippen molar-refractivity contribution in [2.75, 3.05) is 34.4 Å². The zero-order valence-corrected chi connectivity index (χ0v) is 36.1. The van der Waals surface area contributed by atoms with Crippen molar-refractivity contribution in [2.45, 2.75) is 73.8 Å². The van der Waals surface area contributed by atoms with Crippen molar-refractivity contribution in [3.63, 3.8) is 0 Å². The van der Waals surface area contributed by atoms with Gasteiger partial charge >= 0.3 is 0 Å². The van der Waals surface area contributed by atoms with E-state index in [0.717, 1.165) is 5.56 Å². The Balaban J connectivity index is 1.50. The van der Waals surface area contributed by atoms with Crippen molar-refractivity contribution in [1.82, 2.24) is 29.4 Å². The highest BCUT2D eigenvalue weighted by atomic mass is 127. The molecule has 13 nitrogen and oxygen atoms in total. The summed E-state index contributed by atoms with van der Waals surface area (Å²) >= 11 is 2.02. The van der Waals surface area contributed by atoms with Gasteiger partial charge in [-0.1, -0.05) is 36.4 Å². The Morgan fingerprint density at radius 2 is 1.21 bits per heavy atom. The summed E-state index contributed by atoms with van der Waals surface area (Å²) in [6.07, 6.45) is 0.718. The largest absolute Gasteiger partial charge is 0.497 e. The van der Waals surface area contributed by atoms with E-state index in [0.29, 0.717) is 57.9 Å². The van der Waals surface area contributed by atoms with Crippen molar-refractivity contribution >= 4 is 42.5 Å². The van der Waals surface area contributed by atoms with E-state index in [4.69, 9.17) is 14.2 Å². The number of likely N-dealkylation sites (tertiary alicyclic amines) is 1. The summed E-state index contributed by atoms with van der Waals surface area (Å²) in [5.74, 6) is 1.93. The van der Waals surface area contributed by atoms with Crippen LogP contribution in [0.4, 0.5) is 0 Å². The first-order valence-corrected chi connectivity index (χ1v) is 22.2. The smallest absolute Gasteiger partial charge is 0.245 e. The number of tetrazole rings is 1. The lowest BCUT2D eigenvalue weighted by atomic mass is 10.0. The first-order valence-electron chi connectivity index (χ1n) is 18.1. The molecule has 0 N–H and O–H groups in total. The maximum Gasteiger partial charge on any atom is 0.245 e. The van der Waals surface area contributed by atoms with Crippen LogP contribution in [0, 0.1) is 3.57 Å². The third kappa shape index (κ3) is 9.20. The highest BCUT2D eigenvalue weighted by molar-refractivity contribution is 14.1. The quantitative estimate of drug-likeness (QED) is 0.113. The highest BCUT2D eigenvalue weighted by Crippen LogP contribution is 2.40. The molecule has 5 aromatic rings. The number of halogens is 1. The monoisotopic (exact) mass is 914 g/mol. The van der Waals surface area contributed by atoms with Crippen molar-refractivity contribution in [3.8, 4) is 28.6 Å². The topological polar surface area (TPSA) is 146 Å². The number of rotatable bonds is 14. The van der Waals surface area contributed by atoms with Crippen LogP contribution in [-0.2, 0) is 39.5 Å². The van der Waals surface area contributed by atoms with Crippen LogP contribution in [0.5, 0.6) is 17.2 Å². The molecule has 1 aliphatic heterocycles. The van der Waals surface area contributed by atoms with Gasteiger partial charge in [-0.15, -0.1) is 10.2 Å². The molecule has 0 atom stereocenters. The molecule has 0 spiro atoms. The lowest BCUT2D eigenvalue weighted by Crippen LogP contribution is -2.48. The molecule has 0 amide bonds. The average Bonchev–Trinajstić information content (AvgIpc) is 3.65. The number of piperidine rings is 1. The maximum absolute atomic E-state index is 15.5. The van der Waals surface area contributed by atoms with Crippen LogP contribution in [0.2, 0.25) is 0 Å². The third-order valence-corrected chi connectivity index (χ3v) is 15.2. The lowest BCUT2D eigenvalue weighted by Gasteiger charge is -2.40. The van der Waals surface area contributed by atoms with Crippen LogP contribution >= 0.6 is 22.6 Å². The Hall–Kier alpha value is -4.10. The molecule has 0 saturated carbocycles. The van der Waals surface area contributed by atoms with E-state index in [1.54, 1.807) is 75.9 Å². The van der Waals surface area contributed by atoms with Crippen molar-refractivity contribution in [2.24, 2.45) is 0 Å². The SMILES string of the molecule is COc1ccc(CN(Cc2ccc(OC)cc2)S(=O)(=O)c2c(S(=O)(=O)C3CCN(C(C)(C)C)CC3)ccc(I)c2-c2nnn(Cc3ccc(OC)cc3)n2)cc1. The molecule has 1 fully saturated rings. The van der Waals surface area contributed by atoms with Gasteiger partial charge < -0.3 is 14.2 Å². The lowest BCUT2D eigenvalue weighted by molar-refractivity contribution is 0.112. The van der Waals surface area contributed by atoms with Gasteiger partial charge in [0, 0.05) is 22.2 Å². The van der Waals surface area contributed by atoms with Crippen LogP contribution in [0.1, 0.15) is 50.3 Å². The van der Waals surface area contributed by atoms with Gasteiger partial charge in [0.25, 0.3) is 0 Å². The van der Waals surface area contributed by atoms with Gasteiger partial charge in [-0.2, -0.15) is 9.10 Å². The minimum Gasteiger partial charge on any atom is -0.497 e. The van der Waals surface area contributed by atoms with Crippen molar-refractivity contribution in [1.29, 1.82) is 0 Å². The molecule has 0 bridgehead atoms. The molecule has 0 radical (unpaired) electrons. The van der Waals surface area contributed by atoms with E-state index < -0.39 is 25.1 Å². The molecule has 1 aliphatic rings. The van der Waals surface area contributed by atoms with Crippen LogP contribution in [0.25, 0.3) is 11.4 Å². The zero-order valence-electron chi connectivity index (χ0n) is 32.3. The Morgan fingerprint density at radius 1 is 0.732 bits per heavy atom. The van der Waals surface area contributed by atoms with Crippen LogP contribution in [-0.4, -0.2) is 91.5 Å². The van der Waals surface area contributed by atoms with Crippen molar-refractivity contribution < 1.29 is 31.0 Å². The Morgan fingerprint density at radius 3 is 1.68 bits per heavy atom. The van der Waals surface area contributed by atoms with Gasteiger partial charge in [0.15, 0.2) is 9.84 Å². The maximum atomic E-state index is 15.5. The number of sulfonamides is 1. The normalized spacial score (nSPS) is 14.6. The van der Waals surface area contributed by atoms with E-state index in [1.165, 1.54) is 15.2 Å². The molecular weight excluding hydrogens is 868 g/mol. The number of sulfone groups is 1. The molecule has 1 saturated heterocycles. The van der Waals surface area contributed by atoms with E-state index >= 15 is 8.42 Å². The molecule has 0 aliphatic carbocycles. The summed E-state index contributed by atoms with van der Waals surface area (Å²) in [4.78, 5) is 2.98. The summed E-state index contributed by atoms with van der Waals surface area (Å²) in [5, 5.41) is 12.4. The fourth-order valence-electron chi connectivity index (χ4n) is 6.77. The van der Waals surface area contributed by atoms with Gasteiger partial charge in [-0.3, -0.25) is 4.90 Å². The third-order valence-electron chi connectivity index (χ3n) is 10.0. The Bertz CT molecular complexity index is 2290. The highest BCUT2D eigenvalue weighted by Gasteiger charge is 2.41. The molecule has 56 heavy (non-hydrogen) atoms. The van der Waals surface area contributed by atoms with Crippen LogP contribution in [0.15, 0.2) is 94.7 Å². The molecular formula is C40H47IN6O7S2. The number of nitrogens with zero attached hydrogens (tertiary/aromatic N) is 6. The predicted molar refractivity (Wildman–Crippen MR) is 222 cm³/mol. The molecule has 0 unspecified atom stereocenters. The number of hydrogen-bond acceptors (Lipinski definition) is 11. The Kier molecular flexibility index (Phi) is 12.7. The summed E-state index contributed by atoms with van der Waals surface area (Å²) < 4.78 is 78.6. The second-order valence-electron chi connectivity index (χ2n) is 14.6. The summed E-state index contributed by atoms with van der Waals surface area (Å²) in [6.45, 7) is 7.55. The van der Waals surface area contributed by atoms with E-state index in [2.05, 4.69) is 41.1 Å². The molecule has 4 aromatic carbocycles. The van der Waals surface area contributed by atoms with Gasteiger partial charge in [-0.25, -0.2) is 16.8 Å². The molecule has 298 valence electrons. The van der Waals surface area contributed by atoms with Gasteiger partial charge in [-0.05, 0) is 140 Å². The van der Waals surface area contributed by atoms with Gasteiger partial charge in [0.05, 0.1) is 43.6 Å². The van der Waals surface area contributed by atoms with Crippen LogP contribution < -0.4 is 14.2 Å². The van der Waals surface area contributed by atoms with Crippen molar-refractivity contribution in [3.05, 3.63) is 105 Å². The van der Waals surface area contributed by atoms with E-state index in [-0.39, 0.29) is 46.4 Å². The zero-order chi connectivity index (χ0) is 40.3. The number of ether oxygens (including phenoxy) is 3. The van der Waals surface area contributed by atoms with Crippen LogP contribution in [0.3, 0.4) is 0 Å². The standard InChI is InChI=1S/C40H47IN6O7S2/c1-40(2,3)45-23-21-34(22-24-45)55(48,49)36-20-19-35(41)37(39-42-44-47(43-39)27-30-11-17-33(54-6)18-12-30)38(36)56(50,51)46(25-28-7-13-31(52-4)14-8-28)26-29-9-15-32(53-5)16-10-29/h7-20,34H,21-27H2,1-6H3. The second kappa shape index (κ2) is 17.2. The molecule has 16 heteroatoms. The Labute approximate surface area is 343 Å². The number of aromatic nitrogens is 4. The predicted octanol–water partition coefficient (Wildman–Crippen LogP) is 6.45. The van der Waals surface area contributed by atoms with Gasteiger partial charge in [0.2, 0.25) is 15.8 Å². The molecule has 2 heterocycles. The molecule has 6 rings (SSSR count). The van der Waals surface area contributed by atoms with E-state index in [9.17, 15) is 8.42 Å². The first-order chi connectivity index (χ1) is 26.6. The summed E-state index contributed by atoms with van der Waals surface area (Å²) in [5.41, 5.74) is 2.16. The molecule has 1 aromatic heterocycles. The number of hydrogen-bond donors (Lipinski definition) is 0. The minimum atomic E-state index is -4.63. The fourth-order valence-corrected chi connectivity index (χ4v) is 11.8. The number of benzene rings is 4.